The third kappa shape index (κ3) is 3.65. The molecule has 12 heteroatoms. The van der Waals surface area contributed by atoms with Crippen molar-refractivity contribution in [1.29, 1.82) is 0 Å². The van der Waals surface area contributed by atoms with E-state index in [-0.39, 0.29) is 11.4 Å². The van der Waals surface area contributed by atoms with Crippen LogP contribution >= 0.6 is 0 Å². The second kappa shape index (κ2) is 7.58. The molecule has 0 aliphatic heterocycles. The Balaban J connectivity index is 1.78. The van der Waals surface area contributed by atoms with Gasteiger partial charge in [-0.05, 0) is 12.1 Å². The molecule has 2 amide bonds. The van der Waals surface area contributed by atoms with Gasteiger partial charge in [-0.2, -0.15) is 0 Å². The van der Waals surface area contributed by atoms with Gasteiger partial charge in [0.25, 0.3) is 5.69 Å². The smallest absolute Gasteiger partial charge is 0.352 e. The topological polar surface area (TPSA) is 136 Å². The van der Waals surface area contributed by atoms with Crippen LogP contribution in [0.1, 0.15) is 10.5 Å². The second-order valence-corrected chi connectivity index (χ2v) is 6.49. The van der Waals surface area contributed by atoms with E-state index in [1.165, 1.54) is 76.0 Å². The van der Waals surface area contributed by atoms with Crippen LogP contribution in [-0.4, -0.2) is 55.9 Å². The first-order chi connectivity index (χ1) is 14.1. The van der Waals surface area contributed by atoms with Gasteiger partial charge in [-0.1, -0.05) is 0 Å². The zero-order valence-electron chi connectivity index (χ0n) is 16.3. The number of anilines is 2. The minimum Gasteiger partial charge on any atom is -0.477 e. The number of nitro groups is 1. The number of aromatic carboxylic acids is 1. The Morgan fingerprint density at radius 1 is 0.967 bits per heavy atom. The number of aromatic nitrogens is 3. The second-order valence-electron chi connectivity index (χ2n) is 6.49. The lowest BCUT2D eigenvalue weighted by Gasteiger charge is -2.17. The zero-order valence-corrected chi connectivity index (χ0v) is 16.3. The lowest BCUT2D eigenvalue weighted by Crippen LogP contribution is -2.31. The van der Waals surface area contributed by atoms with Crippen LogP contribution in [0.3, 0.4) is 0 Å². The molecule has 3 rings (SSSR count). The van der Waals surface area contributed by atoms with E-state index in [2.05, 4.69) is 0 Å². The summed E-state index contributed by atoms with van der Waals surface area (Å²) in [6, 6.07) is 3.10. The monoisotopic (exact) mass is 414 g/mol. The number of hydrogen-bond acceptors (Lipinski definition) is 5. The fourth-order valence-corrected chi connectivity index (χ4v) is 2.83. The van der Waals surface area contributed by atoms with Crippen LogP contribution in [0.2, 0.25) is 0 Å². The van der Waals surface area contributed by atoms with Crippen molar-refractivity contribution >= 4 is 35.1 Å². The maximum atomic E-state index is 12.7. The van der Waals surface area contributed by atoms with Gasteiger partial charge in [-0.15, -0.1) is 0 Å². The lowest BCUT2D eigenvalue weighted by atomic mass is 10.4. The van der Waals surface area contributed by atoms with Crippen LogP contribution in [0, 0.1) is 10.1 Å². The number of carbonyl (C=O) groups excluding carboxylic acids is 2. The van der Waals surface area contributed by atoms with E-state index in [0.717, 1.165) is 10.8 Å². The molecule has 0 fully saturated rings. The molecule has 3 aromatic rings. The first-order valence-corrected chi connectivity index (χ1v) is 8.56. The first kappa shape index (κ1) is 20.4. The van der Waals surface area contributed by atoms with Crippen molar-refractivity contribution in [2.24, 2.45) is 7.05 Å². The van der Waals surface area contributed by atoms with Gasteiger partial charge >= 0.3 is 18.0 Å². The molecule has 3 heterocycles. The van der Waals surface area contributed by atoms with Crippen LogP contribution in [0.25, 0.3) is 0 Å². The average molecular weight is 414 g/mol. The maximum absolute atomic E-state index is 12.7. The summed E-state index contributed by atoms with van der Waals surface area (Å²) in [5.41, 5.74) is 0.593. The van der Waals surface area contributed by atoms with Crippen LogP contribution in [0.4, 0.5) is 26.7 Å². The van der Waals surface area contributed by atoms with Gasteiger partial charge in [0.05, 0.1) is 22.5 Å². The van der Waals surface area contributed by atoms with Crippen molar-refractivity contribution in [2.75, 3.05) is 23.9 Å². The number of hydrogen-bond donors (Lipinski definition) is 1. The van der Waals surface area contributed by atoms with Gasteiger partial charge in [-0.3, -0.25) is 29.0 Å². The number of carboxylic acid groups (broad SMARTS) is 1. The predicted molar refractivity (Wildman–Crippen MR) is 106 cm³/mol. The summed E-state index contributed by atoms with van der Waals surface area (Å²) in [4.78, 5) is 49.1. The van der Waals surface area contributed by atoms with Gasteiger partial charge < -0.3 is 9.67 Å². The van der Waals surface area contributed by atoms with E-state index in [0.29, 0.717) is 11.4 Å². The molecular formula is C18H18N6O6. The van der Waals surface area contributed by atoms with Crippen molar-refractivity contribution in [3.8, 4) is 0 Å². The van der Waals surface area contributed by atoms with E-state index in [1.807, 2.05) is 0 Å². The zero-order chi connectivity index (χ0) is 22.2. The average Bonchev–Trinajstić information content (AvgIpc) is 3.44. The Kier molecular flexibility index (Phi) is 5.15. The molecule has 0 atom stereocenters. The molecule has 0 bridgehead atoms. The Bertz CT molecular complexity index is 1160. The maximum Gasteiger partial charge on any atom is 0.352 e. The number of aryl methyl sites for hydroxylation is 1. The standard InChI is InChI=1S/C18H18N6O6/c1-19-9-14(8-15(19)16(25)26)21(3)18(28)22-6-4-12(10-22)20(2)17(27)23-7-5-13(11-23)24(29)30/h4-11H,1-3H3,(H,25,26). The molecule has 0 saturated carbocycles. The normalized spacial score (nSPS) is 10.6. The highest BCUT2D eigenvalue weighted by molar-refractivity contribution is 5.97. The van der Waals surface area contributed by atoms with Crippen LogP contribution in [-0.2, 0) is 7.05 Å². The number of carboxylic acids is 1. The number of rotatable bonds is 4. The van der Waals surface area contributed by atoms with Crippen LogP contribution < -0.4 is 9.80 Å². The van der Waals surface area contributed by atoms with Gasteiger partial charge in [0.15, 0.2) is 0 Å². The van der Waals surface area contributed by atoms with Crippen molar-refractivity contribution < 1.29 is 24.4 Å². The summed E-state index contributed by atoms with van der Waals surface area (Å²) in [6.07, 6.45) is 6.78. The van der Waals surface area contributed by atoms with E-state index < -0.39 is 23.0 Å². The summed E-state index contributed by atoms with van der Waals surface area (Å²) >= 11 is 0. The number of nitrogens with zero attached hydrogens (tertiary/aromatic N) is 6. The molecule has 12 nitrogen and oxygen atoms in total. The molecular weight excluding hydrogens is 396 g/mol. The van der Waals surface area contributed by atoms with E-state index in [4.69, 9.17) is 5.11 Å². The van der Waals surface area contributed by atoms with Crippen LogP contribution in [0.15, 0.2) is 49.2 Å². The van der Waals surface area contributed by atoms with E-state index in [9.17, 15) is 24.5 Å². The molecule has 0 aliphatic rings. The molecule has 1 N–H and O–H groups in total. The Hall–Kier alpha value is -4.35. The van der Waals surface area contributed by atoms with Gasteiger partial charge in [0.2, 0.25) is 0 Å². The molecule has 156 valence electrons. The SMILES string of the molecule is CN(C(=O)n1ccc(N(C)C(=O)n2ccc([N+](=O)[O-])c2)c1)c1cc(C(=O)O)n(C)c1. The highest BCUT2D eigenvalue weighted by Crippen LogP contribution is 2.21. The lowest BCUT2D eigenvalue weighted by molar-refractivity contribution is -0.384. The Labute approximate surface area is 169 Å². The predicted octanol–water partition coefficient (Wildman–Crippen LogP) is 2.44. The number of amides is 2. The summed E-state index contributed by atoms with van der Waals surface area (Å²) < 4.78 is 3.71. The molecule has 0 saturated heterocycles. The minimum atomic E-state index is -1.11. The molecule has 0 radical (unpaired) electrons. The molecule has 0 unspecified atom stereocenters. The minimum absolute atomic E-state index is 0.0315. The van der Waals surface area contributed by atoms with Gasteiger partial charge in [0.1, 0.15) is 5.69 Å². The third-order valence-electron chi connectivity index (χ3n) is 4.57. The Morgan fingerprint density at radius 2 is 1.53 bits per heavy atom. The summed E-state index contributed by atoms with van der Waals surface area (Å²) in [5.74, 6) is -1.11. The first-order valence-electron chi connectivity index (χ1n) is 8.56. The highest BCUT2D eigenvalue weighted by atomic mass is 16.6. The van der Waals surface area contributed by atoms with Gasteiger partial charge in [0, 0.05) is 52.0 Å². The summed E-state index contributed by atoms with van der Waals surface area (Å²) in [7, 11) is 4.53. The Morgan fingerprint density at radius 3 is 2.07 bits per heavy atom. The molecule has 0 aromatic carbocycles. The molecule has 0 aliphatic carbocycles. The van der Waals surface area contributed by atoms with Crippen molar-refractivity contribution in [2.45, 2.75) is 0 Å². The van der Waals surface area contributed by atoms with Crippen molar-refractivity contribution in [1.82, 2.24) is 13.7 Å². The molecule has 30 heavy (non-hydrogen) atoms. The van der Waals surface area contributed by atoms with Crippen molar-refractivity contribution in [3.05, 3.63) is 65.0 Å². The van der Waals surface area contributed by atoms with Crippen LogP contribution in [0.5, 0.6) is 0 Å². The van der Waals surface area contributed by atoms with E-state index >= 15 is 0 Å². The van der Waals surface area contributed by atoms with Gasteiger partial charge in [-0.25, -0.2) is 14.4 Å². The fraction of sp³-hybridized carbons (Fsp3) is 0.167. The third-order valence-corrected chi connectivity index (χ3v) is 4.57. The summed E-state index contributed by atoms with van der Waals surface area (Å²) in [5, 5.41) is 19.9. The van der Waals surface area contributed by atoms with Crippen molar-refractivity contribution in [3.63, 3.8) is 0 Å². The highest BCUT2D eigenvalue weighted by Gasteiger charge is 2.21. The quantitative estimate of drug-likeness (QED) is 0.514. The molecule has 3 aromatic heterocycles. The molecule has 0 spiro atoms. The largest absolute Gasteiger partial charge is 0.477 e. The number of carbonyl (C=O) groups is 3. The summed E-state index contributed by atoms with van der Waals surface area (Å²) in [6.45, 7) is 0. The van der Waals surface area contributed by atoms with E-state index in [1.54, 1.807) is 7.05 Å². The fourth-order valence-electron chi connectivity index (χ4n) is 2.83.